The molecule has 0 atom stereocenters. The molecule has 4 rings (SSSR count). The average molecular weight is 439 g/mol. The summed E-state index contributed by atoms with van der Waals surface area (Å²) >= 11 is 0. The maximum atomic E-state index is 6.36. The Kier molecular flexibility index (Phi) is 6.55. The van der Waals surface area contributed by atoms with Gasteiger partial charge in [0.2, 0.25) is 0 Å². The Labute approximate surface area is 195 Å². The highest BCUT2D eigenvalue weighted by Crippen LogP contribution is 2.47. The number of anilines is 2. The van der Waals surface area contributed by atoms with E-state index >= 15 is 0 Å². The summed E-state index contributed by atoms with van der Waals surface area (Å²) in [5.41, 5.74) is 15.1. The molecule has 0 fully saturated rings. The van der Waals surface area contributed by atoms with Crippen LogP contribution in [-0.2, 0) is 5.41 Å². The molecule has 0 aliphatic heterocycles. The van der Waals surface area contributed by atoms with Gasteiger partial charge in [-0.1, -0.05) is 50.2 Å². The molecule has 4 heteroatoms. The van der Waals surface area contributed by atoms with E-state index in [0.717, 1.165) is 47.0 Å². The lowest BCUT2D eigenvalue weighted by atomic mass is 9.70. The van der Waals surface area contributed by atoms with E-state index in [1.807, 2.05) is 72.8 Å². The molecule has 4 aromatic rings. The zero-order valence-corrected chi connectivity index (χ0v) is 19.1. The van der Waals surface area contributed by atoms with Crippen LogP contribution in [0.1, 0.15) is 37.8 Å². The van der Waals surface area contributed by atoms with Crippen LogP contribution in [0.3, 0.4) is 0 Å². The summed E-state index contributed by atoms with van der Waals surface area (Å²) in [5.74, 6) is 3.16. The van der Waals surface area contributed by atoms with E-state index in [2.05, 4.69) is 38.1 Å². The van der Waals surface area contributed by atoms with E-state index in [-0.39, 0.29) is 5.41 Å². The van der Waals surface area contributed by atoms with Gasteiger partial charge in [0.05, 0.1) is 0 Å². The van der Waals surface area contributed by atoms with Crippen LogP contribution in [0.4, 0.5) is 11.4 Å². The third-order valence-corrected chi connectivity index (χ3v) is 6.23. The number of rotatable bonds is 8. The lowest BCUT2D eigenvalue weighted by Crippen LogP contribution is -2.27. The van der Waals surface area contributed by atoms with E-state index in [1.54, 1.807) is 0 Å². The van der Waals surface area contributed by atoms with Crippen LogP contribution in [0.5, 0.6) is 23.0 Å². The van der Waals surface area contributed by atoms with Crippen molar-refractivity contribution in [3.8, 4) is 23.0 Å². The Balaban J connectivity index is 1.79. The van der Waals surface area contributed by atoms with Crippen LogP contribution in [0, 0.1) is 0 Å². The molecule has 4 aromatic carbocycles. The first kappa shape index (κ1) is 22.3. The number of nitrogen functional groups attached to an aromatic ring is 2. The van der Waals surface area contributed by atoms with Crippen LogP contribution in [0.2, 0.25) is 0 Å². The summed E-state index contributed by atoms with van der Waals surface area (Å²) in [6, 6.07) is 31.4. The van der Waals surface area contributed by atoms with Gasteiger partial charge in [-0.2, -0.15) is 0 Å². The van der Waals surface area contributed by atoms with Crippen LogP contribution in [-0.4, -0.2) is 0 Å². The van der Waals surface area contributed by atoms with Gasteiger partial charge in [-0.05, 0) is 73.5 Å². The highest BCUT2D eigenvalue weighted by molar-refractivity contribution is 5.54. The summed E-state index contributed by atoms with van der Waals surface area (Å²) in [5, 5.41) is 0. The number of para-hydroxylation sites is 2. The predicted molar refractivity (Wildman–Crippen MR) is 136 cm³/mol. The minimum atomic E-state index is -0.297. The van der Waals surface area contributed by atoms with Gasteiger partial charge >= 0.3 is 0 Å². The Morgan fingerprint density at radius 3 is 1.27 bits per heavy atom. The normalized spacial score (nSPS) is 11.2. The van der Waals surface area contributed by atoms with Crippen molar-refractivity contribution >= 4 is 11.4 Å². The molecule has 4 N–H and O–H groups in total. The minimum Gasteiger partial charge on any atom is -0.457 e. The lowest BCUT2D eigenvalue weighted by molar-refractivity contribution is 0.405. The van der Waals surface area contributed by atoms with Crippen molar-refractivity contribution in [2.45, 2.75) is 32.1 Å². The third kappa shape index (κ3) is 4.65. The lowest BCUT2D eigenvalue weighted by Gasteiger charge is -2.35. The highest BCUT2D eigenvalue weighted by atomic mass is 16.5. The van der Waals surface area contributed by atoms with Crippen molar-refractivity contribution < 1.29 is 9.47 Å². The van der Waals surface area contributed by atoms with Crippen molar-refractivity contribution in [2.75, 3.05) is 11.5 Å². The maximum absolute atomic E-state index is 6.36. The molecule has 0 spiro atoms. The summed E-state index contributed by atoms with van der Waals surface area (Å²) < 4.78 is 12.7. The number of hydrogen-bond acceptors (Lipinski definition) is 4. The molecule has 0 aromatic heterocycles. The topological polar surface area (TPSA) is 70.5 Å². The van der Waals surface area contributed by atoms with Gasteiger partial charge in [-0.25, -0.2) is 0 Å². The molecule has 168 valence electrons. The van der Waals surface area contributed by atoms with Crippen LogP contribution in [0.15, 0.2) is 97.1 Å². The van der Waals surface area contributed by atoms with Gasteiger partial charge in [0.25, 0.3) is 0 Å². The summed E-state index contributed by atoms with van der Waals surface area (Å²) in [6.07, 6.45) is 1.77. The van der Waals surface area contributed by atoms with Gasteiger partial charge in [0.15, 0.2) is 0 Å². The molecule has 0 heterocycles. The van der Waals surface area contributed by atoms with Gasteiger partial charge in [-0.3, -0.25) is 0 Å². The molecular weight excluding hydrogens is 408 g/mol. The van der Waals surface area contributed by atoms with Crippen molar-refractivity contribution in [1.82, 2.24) is 0 Å². The van der Waals surface area contributed by atoms with E-state index in [1.165, 1.54) is 0 Å². The molecule has 0 bridgehead atoms. The Bertz CT molecular complexity index is 1100. The largest absolute Gasteiger partial charge is 0.457 e. The second kappa shape index (κ2) is 9.70. The fraction of sp³-hybridized carbons (Fsp3) is 0.172. The van der Waals surface area contributed by atoms with Gasteiger partial charge in [0, 0.05) is 27.9 Å². The number of nitrogens with two attached hydrogens (primary N) is 2. The molecular formula is C29H30N2O2. The maximum Gasteiger partial charge on any atom is 0.131 e. The SMILES string of the molecule is CCC(CC)(c1ccccc1Oc1ccc(N)cc1)c1ccccc1Oc1ccc(N)cc1. The van der Waals surface area contributed by atoms with Gasteiger partial charge in [0.1, 0.15) is 23.0 Å². The van der Waals surface area contributed by atoms with E-state index < -0.39 is 0 Å². The molecule has 0 saturated carbocycles. The predicted octanol–water partition coefficient (Wildman–Crippen LogP) is 7.54. The van der Waals surface area contributed by atoms with Crippen molar-refractivity contribution in [1.29, 1.82) is 0 Å². The van der Waals surface area contributed by atoms with Crippen LogP contribution >= 0.6 is 0 Å². The number of ether oxygens (including phenoxy) is 2. The molecule has 4 nitrogen and oxygen atoms in total. The first-order valence-electron chi connectivity index (χ1n) is 11.3. The smallest absolute Gasteiger partial charge is 0.131 e. The Hall–Kier alpha value is -3.92. The quantitative estimate of drug-likeness (QED) is 0.279. The molecule has 0 unspecified atom stereocenters. The molecule has 0 saturated heterocycles. The first-order chi connectivity index (χ1) is 16.1. The zero-order chi connectivity index (χ0) is 23.3. The van der Waals surface area contributed by atoms with E-state index in [4.69, 9.17) is 20.9 Å². The second-order valence-electron chi connectivity index (χ2n) is 8.12. The van der Waals surface area contributed by atoms with Crippen molar-refractivity contribution in [2.24, 2.45) is 0 Å². The summed E-state index contributed by atoms with van der Waals surface area (Å²) in [7, 11) is 0. The number of hydrogen-bond donors (Lipinski definition) is 2. The standard InChI is InChI=1S/C29H30N2O2/c1-3-29(4-2,25-9-5-7-11-27(25)32-23-17-13-21(30)14-18-23)26-10-6-8-12-28(26)33-24-19-15-22(31)16-20-24/h5-20H,3-4,30-31H2,1-2H3. The average Bonchev–Trinajstić information content (AvgIpc) is 2.85. The number of benzene rings is 4. The fourth-order valence-electron chi connectivity index (χ4n) is 4.38. The monoisotopic (exact) mass is 438 g/mol. The first-order valence-corrected chi connectivity index (χ1v) is 11.3. The van der Waals surface area contributed by atoms with E-state index in [9.17, 15) is 0 Å². The minimum absolute atomic E-state index is 0.297. The molecule has 0 aliphatic carbocycles. The van der Waals surface area contributed by atoms with Gasteiger partial charge < -0.3 is 20.9 Å². The Morgan fingerprint density at radius 2 is 0.909 bits per heavy atom. The molecule has 33 heavy (non-hydrogen) atoms. The summed E-state index contributed by atoms with van der Waals surface area (Å²) in [4.78, 5) is 0. The van der Waals surface area contributed by atoms with Crippen LogP contribution in [0.25, 0.3) is 0 Å². The second-order valence-corrected chi connectivity index (χ2v) is 8.12. The van der Waals surface area contributed by atoms with E-state index in [0.29, 0.717) is 11.4 Å². The Morgan fingerprint density at radius 1 is 0.545 bits per heavy atom. The molecule has 0 radical (unpaired) electrons. The van der Waals surface area contributed by atoms with Crippen LogP contribution < -0.4 is 20.9 Å². The highest BCUT2D eigenvalue weighted by Gasteiger charge is 2.36. The molecule has 0 aliphatic rings. The molecule has 0 amide bonds. The zero-order valence-electron chi connectivity index (χ0n) is 19.1. The fourth-order valence-corrected chi connectivity index (χ4v) is 4.38. The van der Waals surface area contributed by atoms with Crippen molar-refractivity contribution in [3.63, 3.8) is 0 Å². The van der Waals surface area contributed by atoms with Gasteiger partial charge in [-0.15, -0.1) is 0 Å². The van der Waals surface area contributed by atoms with Crippen molar-refractivity contribution in [3.05, 3.63) is 108 Å². The summed E-state index contributed by atoms with van der Waals surface area (Å²) in [6.45, 7) is 4.42. The third-order valence-electron chi connectivity index (χ3n) is 6.23.